The number of rotatable bonds is 9. The molecule has 35 heavy (non-hydrogen) atoms. The van der Waals surface area contributed by atoms with Crippen LogP contribution in [0.25, 0.3) is 11.4 Å². The Morgan fingerprint density at radius 1 is 0.886 bits per heavy atom. The number of nitrogens with zero attached hydrogens (tertiary/aromatic N) is 5. The van der Waals surface area contributed by atoms with Crippen molar-refractivity contribution in [1.29, 1.82) is 0 Å². The molecule has 3 heterocycles. The predicted molar refractivity (Wildman–Crippen MR) is 115 cm³/mol. The summed E-state index contributed by atoms with van der Waals surface area (Å²) in [6, 6.07) is 2.84. The van der Waals surface area contributed by atoms with Crippen LogP contribution in [0, 0.1) is 0 Å². The van der Waals surface area contributed by atoms with E-state index in [1.54, 1.807) is 12.1 Å². The molecule has 1 aromatic carbocycles. The molecular weight excluding hydrogens is 464 g/mol. The van der Waals surface area contributed by atoms with Gasteiger partial charge in [-0.25, -0.2) is 14.7 Å². The minimum absolute atomic E-state index is 0.213. The van der Waals surface area contributed by atoms with Crippen LogP contribution >= 0.6 is 0 Å². The third kappa shape index (κ3) is 5.47. The van der Waals surface area contributed by atoms with Crippen LogP contribution in [-0.4, -0.2) is 103 Å². The number of tetrazole rings is 1. The molecule has 0 aliphatic carbocycles. The van der Waals surface area contributed by atoms with Crippen LogP contribution < -0.4 is 9.47 Å². The molecule has 2 aliphatic heterocycles. The fourth-order valence-corrected chi connectivity index (χ4v) is 4.26. The number of carboxylic acid groups (broad SMARTS) is 2. The van der Waals surface area contributed by atoms with Gasteiger partial charge in [0.2, 0.25) is 0 Å². The second-order valence-corrected chi connectivity index (χ2v) is 8.19. The summed E-state index contributed by atoms with van der Waals surface area (Å²) in [5.74, 6) is -2.33. The van der Waals surface area contributed by atoms with Crippen LogP contribution in [0.5, 0.6) is 11.5 Å². The van der Waals surface area contributed by atoms with E-state index in [2.05, 4.69) is 20.6 Å². The summed E-state index contributed by atoms with van der Waals surface area (Å²) in [7, 11) is 0. The lowest BCUT2D eigenvalue weighted by atomic mass is 10.2. The average molecular weight is 488 g/mol. The number of benzene rings is 1. The smallest absolute Gasteiger partial charge is 0.326 e. The van der Waals surface area contributed by atoms with Crippen molar-refractivity contribution in [2.75, 3.05) is 26.3 Å². The molecule has 0 bridgehead atoms. The number of aromatic nitrogens is 4. The number of likely N-dealkylation sites (tertiary alicyclic amines) is 2. The Balaban J connectivity index is 1.45. The van der Waals surface area contributed by atoms with E-state index in [0.29, 0.717) is 44.3 Å². The molecule has 3 N–H and O–H groups in total. The molecule has 14 nitrogen and oxygen atoms in total. The lowest BCUT2D eigenvalue weighted by Crippen LogP contribution is -2.42. The number of aromatic amines is 1. The molecule has 0 unspecified atom stereocenters. The van der Waals surface area contributed by atoms with Crippen LogP contribution in [0.3, 0.4) is 0 Å². The number of hydrogen-bond acceptors (Lipinski definition) is 9. The van der Waals surface area contributed by atoms with E-state index < -0.39 is 49.1 Å². The number of hydrogen-bond donors (Lipinski definition) is 3. The Morgan fingerprint density at radius 3 is 1.83 bits per heavy atom. The number of carbonyl (C=O) groups is 4. The van der Waals surface area contributed by atoms with Gasteiger partial charge in [0.1, 0.15) is 23.6 Å². The van der Waals surface area contributed by atoms with Gasteiger partial charge in [-0.3, -0.25) is 9.59 Å². The molecule has 2 amide bonds. The van der Waals surface area contributed by atoms with Crippen molar-refractivity contribution < 1.29 is 38.9 Å². The molecule has 186 valence electrons. The summed E-state index contributed by atoms with van der Waals surface area (Å²) < 4.78 is 11.2. The Labute approximate surface area is 198 Å². The van der Waals surface area contributed by atoms with E-state index in [-0.39, 0.29) is 17.3 Å². The molecule has 0 spiro atoms. The quantitative estimate of drug-likeness (QED) is 0.423. The predicted octanol–water partition coefficient (Wildman–Crippen LogP) is -0.224. The third-order valence-corrected chi connectivity index (χ3v) is 5.94. The first-order valence-electron chi connectivity index (χ1n) is 11.0. The highest BCUT2D eigenvalue weighted by Gasteiger charge is 2.35. The van der Waals surface area contributed by atoms with Crippen molar-refractivity contribution >= 4 is 23.8 Å². The standard InChI is InChI=1S/C21H24N6O8/c28-17(26-5-1-3-15(26)20(30)31)10-34-13-7-12(19-22-24-25-23-19)8-14(9-13)35-11-18(29)27-6-2-4-16(27)21(32)33/h7-9,15-16H,1-6,10-11H2,(H,30,31)(H,32,33)(H,22,23,24,25)/t15-,16-/m1/s1. The summed E-state index contributed by atoms with van der Waals surface area (Å²) in [6.07, 6.45) is 1.98. The van der Waals surface area contributed by atoms with Gasteiger partial charge in [-0.1, -0.05) is 0 Å². The summed E-state index contributed by atoms with van der Waals surface area (Å²) in [5, 5.41) is 32.1. The highest BCUT2D eigenvalue weighted by molar-refractivity contribution is 5.86. The zero-order chi connectivity index (χ0) is 24.9. The van der Waals surface area contributed by atoms with Gasteiger partial charge in [-0.2, -0.15) is 0 Å². The largest absolute Gasteiger partial charge is 0.484 e. The van der Waals surface area contributed by atoms with Gasteiger partial charge in [0, 0.05) is 24.7 Å². The van der Waals surface area contributed by atoms with Gasteiger partial charge in [0.25, 0.3) is 11.8 Å². The summed E-state index contributed by atoms with van der Waals surface area (Å²) in [6.45, 7) is -0.108. The number of amides is 2. The van der Waals surface area contributed by atoms with Gasteiger partial charge in [-0.15, -0.1) is 5.10 Å². The van der Waals surface area contributed by atoms with Crippen LogP contribution in [0.2, 0.25) is 0 Å². The highest BCUT2D eigenvalue weighted by atomic mass is 16.5. The second kappa shape index (κ2) is 10.4. The van der Waals surface area contributed by atoms with E-state index in [4.69, 9.17) is 9.47 Å². The molecule has 0 saturated carbocycles. The minimum Gasteiger partial charge on any atom is -0.484 e. The average Bonchev–Trinajstić information content (AvgIpc) is 3.62. The van der Waals surface area contributed by atoms with Gasteiger partial charge in [0.05, 0.1) is 0 Å². The second-order valence-electron chi connectivity index (χ2n) is 8.19. The van der Waals surface area contributed by atoms with Gasteiger partial charge >= 0.3 is 11.9 Å². The van der Waals surface area contributed by atoms with Gasteiger partial charge in [0.15, 0.2) is 19.0 Å². The number of ether oxygens (including phenoxy) is 2. The first kappa shape index (κ1) is 23.9. The molecule has 2 fully saturated rings. The molecule has 14 heteroatoms. The zero-order valence-electron chi connectivity index (χ0n) is 18.6. The molecule has 2 aliphatic rings. The van der Waals surface area contributed by atoms with E-state index in [9.17, 15) is 29.4 Å². The summed E-state index contributed by atoms with van der Waals surface area (Å²) >= 11 is 0. The molecule has 2 aromatic rings. The summed E-state index contributed by atoms with van der Waals surface area (Å²) in [4.78, 5) is 50.4. The van der Waals surface area contributed by atoms with Crippen molar-refractivity contribution in [1.82, 2.24) is 30.4 Å². The van der Waals surface area contributed by atoms with E-state index in [0.717, 1.165) is 0 Å². The van der Waals surface area contributed by atoms with Crippen LogP contribution in [-0.2, 0) is 19.2 Å². The van der Waals surface area contributed by atoms with Gasteiger partial charge < -0.3 is 29.5 Å². The minimum atomic E-state index is -1.06. The van der Waals surface area contributed by atoms with Crippen molar-refractivity contribution in [2.24, 2.45) is 0 Å². The lowest BCUT2D eigenvalue weighted by Gasteiger charge is -2.22. The number of H-pyrrole nitrogens is 1. The Kier molecular flexibility index (Phi) is 7.08. The molecular formula is C21H24N6O8. The first-order chi connectivity index (χ1) is 16.8. The fourth-order valence-electron chi connectivity index (χ4n) is 4.26. The van der Waals surface area contributed by atoms with E-state index >= 15 is 0 Å². The molecule has 0 radical (unpaired) electrons. The Bertz CT molecular complexity index is 1040. The first-order valence-corrected chi connectivity index (χ1v) is 11.0. The topological polar surface area (TPSA) is 188 Å². The fraction of sp³-hybridized carbons (Fsp3) is 0.476. The summed E-state index contributed by atoms with van der Waals surface area (Å²) in [5.41, 5.74) is 0.455. The maximum atomic E-state index is 12.5. The van der Waals surface area contributed by atoms with Crippen LogP contribution in [0.1, 0.15) is 25.7 Å². The van der Waals surface area contributed by atoms with E-state index in [1.807, 2.05) is 0 Å². The molecule has 1 aromatic heterocycles. The van der Waals surface area contributed by atoms with Crippen molar-refractivity contribution in [3.63, 3.8) is 0 Å². The Morgan fingerprint density at radius 2 is 1.40 bits per heavy atom. The number of aliphatic carboxylic acids is 2. The van der Waals surface area contributed by atoms with Crippen molar-refractivity contribution in [3.05, 3.63) is 18.2 Å². The van der Waals surface area contributed by atoms with Gasteiger partial charge in [-0.05, 0) is 48.2 Å². The SMILES string of the molecule is O=C(O)[C@H]1CCCN1C(=O)COc1cc(OCC(=O)N2CCC[C@@H]2C(=O)O)cc(-c2nnn[nH]2)c1. The molecule has 2 atom stereocenters. The molecule has 4 rings (SSSR count). The Hall–Kier alpha value is -4.23. The van der Waals surface area contributed by atoms with Crippen LogP contribution in [0.15, 0.2) is 18.2 Å². The normalized spacial score (nSPS) is 19.5. The third-order valence-electron chi connectivity index (χ3n) is 5.94. The monoisotopic (exact) mass is 488 g/mol. The zero-order valence-corrected chi connectivity index (χ0v) is 18.6. The molecule has 2 saturated heterocycles. The van der Waals surface area contributed by atoms with E-state index in [1.165, 1.54) is 15.9 Å². The number of nitrogens with one attached hydrogen (secondary N) is 1. The lowest BCUT2D eigenvalue weighted by molar-refractivity contribution is -0.149. The number of carbonyl (C=O) groups excluding carboxylic acids is 2. The number of carboxylic acids is 2. The highest BCUT2D eigenvalue weighted by Crippen LogP contribution is 2.29. The maximum absolute atomic E-state index is 12.5. The maximum Gasteiger partial charge on any atom is 0.326 e. The van der Waals surface area contributed by atoms with Crippen LogP contribution in [0.4, 0.5) is 0 Å². The van der Waals surface area contributed by atoms with Crippen molar-refractivity contribution in [2.45, 2.75) is 37.8 Å². The van der Waals surface area contributed by atoms with Crippen molar-refractivity contribution in [3.8, 4) is 22.9 Å².